The van der Waals surface area contributed by atoms with E-state index in [2.05, 4.69) is 54.3 Å². The molecule has 3 N–H and O–H groups in total. The average Bonchev–Trinajstić information content (AvgIpc) is 2.74. The summed E-state index contributed by atoms with van der Waals surface area (Å²) in [5.74, 6) is 1.56. The van der Waals surface area contributed by atoms with Gasteiger partial charge >= 0.3 is 0 Å². The van der Waals surface area contributed by atoms with E-state index in [0.717, 1.165) is 30.0 Å². The van der Waals surface area contributed by atoms with Crippen LogP contribution in [0.5, 0.6) is 0 Å². The van der Waals surface area contributed by atoms with E-state index in [1.165, 1.54) is 5.56 Å². The standard InChI is InChI=1S/C9H14N2.C9H12N2.C4H8.C2H6/c1-4-8-6-5-7(2)9(10-3)11-8;1-2-3-5-8-6-4-7-9(10)11-8;1-3-4-2;1-2/h5-6H,4H2,1-3H3,(H,10,11);3-7H,2H2,1H3,(H2,10,11);3-4H,1-2H3;1-2H3/b;5-3-;;. The molecule has 0 saturated carbocycles. The lowest BCUT2D eigenvalue weighted by Crippen LogP contribution is -1.97. The smallest absolute Gasteiger partial charge is 0.128 e. The Bertz CT molecular complexity index is 672. The number of anilines is 2. The van der Waals surface area contributed by atoms with Crippen molar-refractivity contribution in [1.29, 1.82) is 0 Å². The van der Waals surface area contributed by atoms with Crippen molar-refractivity contribution in [3.05, 3.63) is 65.5 Å². The normalized spacial score (nSPS) is 9.57. The molecule has 0 aliphatic rings. The third-order valence-electron chi connectivity index (χ3n) is 3.40. The Labute approximate surface area is 173 Å². The van der Waals surface area contributed by atoms with Gasteiger partial charge in [0.1, 0.15) is 11.6 Å². The Kier molecular flexibility index (Phi) is 18.9. The lowest BCUT2D eigenvalue weighted by molar-refractivity contribution is 1.03. The lowest BCUT2D eigenvalue weighted by Gasteiger charge is -2.04. The molecule has 0 atom stereocenters. The van der Waals surface area contributed by atoms with E-state index in [4.69, 9.17) is 5.73 Å². The number of nitrogens with one attached hydrogen (secondary N) is 1. The Hall–Kier alpha value is -2.62. The van der Waals surface area contributed by atoms with Gasteiger partial charge in [-0.3, -0.25) is 0 Å². The summed E-state index contributed by atoms with van der Waals surface area (Å²) in [6, 6.07) is 9.78. The maximum absolute atomic E-state index is 5.49. The molecule has 2 aromatic heterocycles. The zero-order chi connectivity index (χ0) is 21.8. The van der Waals surface area contributed by atoms with E-state index in [1.54, 1.807) is 6.07 Å². The molecule has 4 nitrogen and oxygen atoms in total. The predicted octanol–water partition coefficient (Wildman–Crippen LogP) is 6.69. The van der Waals surface area contributed by atoms with Crippen molar-refractivity contribution in [1.82, 2.24) is 9.97 Å². The van der Waals surface area contributed by atoms with Crippen LogP contribution in [-0.2, 0) is 6.42 Å². The van der Waals surface area contributed by atoms with Crippen molar-refractivity contribution in [2.45, 2.75) is 61.3 Å². The van der Waals surface area contributed by atoms with E-state index in [1.807, 2.05) is 65.1 Å². The van der Waals surface area contributed by atoms with Crippen LogP contribution >= 0.6 is 0 Å². The summed E-state index contributed by atoms with van der Waals surface area (Å²) in [5.41, 5.74) is 8.75. The Morgan fingerprint density at radius 3 is 2.11 bits per heavy atom. The first-order valence-electron chi connectivity index (χ1n) is 10.1. The van der Waals surface area contributed by atoms with Gasteiger partial charge in [0.15, 0.2) is 0 Å². The number of hydrogen-bond donors (Lipinski definition) is 2. The molecule has 0 fully saturated rings. The van der Waals surface area contributed by atoms with Gasteiger partial charge in [-0.1, -0.05) is 58.1 Å². The second-order valence-corrected chi connectivity index (χ2v) is 5.54. The first kappa shape index (κ1) is 27.6. The molecular weight excluding hydrogens is 344 g/mol. The van der Waals surface area contributed by atoms with E-state index in [-0.39, 0.29) is 0 Å². The van der Waals surface area contributed by atoms with E-state index in [9.17, 15) is 0 Å². The van der Waals surface area contributed by atoms with Gasteiger partial charge in [0.05, 0.1) is 5.69 Å². The summed E-state index contributed by atoms with van der Waals surface area (Å²) >= 11 is 0. The second kappa shape index (κ2) is 19.2. The quantitative estimate of drug-likeness (QED) is 0.576. The third kappa shape index (κ3) is 13.6. The molecule has 0 saturated heterocycles. The van der Waals surface area contributed by atoms with Crippen molar-refractivity contribution in [2.75, 3.05) is 18.1 Å². The lowest BCUT2D eigenvalue weighted by atomic mass is 10.2. The number of rotatable bonds is 4. The topological polar surface area (TPSA) is 63.8 Å². The van der Waals surface area contributed by atoms with E-state index in [0.29, 0.717) is 5.82 Å². The Morgan fingerprint density at radius 2 is 1.64 bits per heavy atom. The fraction of sp³-hybridized carbons (Fsp3) is 0.417. The average molecular weight is 385 g/mol. The van der Waals surface area contributed by atoms with Gasteiger partial charge < -0.3 is 11.1 Å². The highest BCUT2D eigenvalue weighted by molar-refractivity contribution is 5.47. The van der Waals surface area contributed by atoms with Crippen LogP contribution in [0.1, 0.15) is 64.9 Å². The molecule has 0 unspecified atom stereocenters. The third-order valence-corrected chi connectivity index (χ3v) is 3.40. The van der Waals surface area contributed by atoms with Gasteiger partial charge in [-0.05, 0) is 63.5 Å². The molecule has 0 radical (unpaired) electrons. The SMILES string of the molecule is CC.CC/C=C\c1cccc(N)n1.CC=CC.CCc1ccc(C)c(NC)n1. The second-order valence-electron chi connectivity index (χ2n) is 5.54. The van der Waals surface area contributed by atoms with Crippen LogP contribution in [0.15, 0.2) is 48.6 Å². The fourth-order valence-corrected chi connectivity index (χ4v) is 1.82. The number of aryl methyl sites for hydroxylation is 2. The van der Waals surface area contributed by atoms with Gasteiger partial charge in [0, 0.05) is 12.7 Å². The molecule has 2 heterocycles. The molecular formula is C24H40N4. The highest BCUT2D eigenvalue weighted by Crippen LogP contribution is 2.11. The summed E-state index contributed by atoms with van der Waals surface area (Å²) in [6.07, 6.45) is 10.0. The minimum atomic E-state index is 0.572. The van der Waals surface area contributed by atoms with Crippen LogP contribution in [-0.4, -0.2) is 17.0 Å². The van der Waals surface area contributed by atoms with Gasteiger partial charge in [-0.25, -0.2) is 9.97 Å². The van der Waals surface area contributed by atoms with Crippen LogP contribution < -0.4 is 11.1 Å². The number of allylic oxidation sites excluding steroid dienone is 3. The van der Waals surface area contributed by atoms with Crippen molar-refractivity contribution in [2.24, 2.45) is 0 Å². The minimum Gasteiger partial charge on any atom is -0.384 e. The van der Waals surface area contributed by atoms with Gasteiger partial charge in [0.25, 0.3) is 0 Å². The summed E-state index contributed by atoms with van der Waals surface area (Å²) in [5, 5.41) is 3.06. The van der Waals surface area contributed by atoms with Crippen LogP contribution in [0.3, 0.4) is 0 Å². The number of aromatic nitrogens is 2. The summed E-state index contributed by atoms with van der Waals surface area (Å²) in [6.45, 7) is 14.2. The van der Waals surface area contributed by atoms with Crippen molar-refractivity contribution in [3.63, 3.8) is 0 Å². The Morgan fingerprint density at radius 1 is 1.00 bits per heavy atom. The summed E-state index contributed by atoms with van der Waals surface area (Å²) in [7, 11) is 1.90. The van der Waals surface area contributed by atoms with Crippen LogP contribution in [0, 0.1) is 6.92 Å². The van der Waals surface area contributed by atoms with E-state index < -0.39 is 0 Å². The predicted molar refractivity (Wildman–Crippen MR) is 128 cm³/mol. The van der Waals surface area contributed by atoms with Crippen LogP contribution in [0.25, 0.3) is 6.08 Å². The molecule has 0 aromatic carbocycles. The number of hydrogen-bond acceptors (Lipinski definition) is 4. The molecule has 0 bridgehead atoms. The van der Waals surface area contributed by atoms with Gasteiger partial charge in [0.2, 0.25) is 0 Å². The molecule has 2 rings (SSSR count). The highest BCUT2D eigenvalue weighted by atomic mass is 15.0. The van der Waals surface area contributed by atoms with Crippen molar-refractivity contribution < 1.29 is 0 Å². The number of nitrogens with two attached hydrogens (primary N) is 1. The van der Waals surface area contributed by atoms with Crippen molar-refractivity contribution >= 4 is 17.7 Å². The number of nitrogens with zero attached hydrogens (tertiary/aromatic N) is 2. The summed E-state index contributed by atoms with van der Waals surface area (Å²) in [4.78, 5) is 8.50. The number of nitrogen functional groups attached to an aromatic ring is 1. The monoisotopic (exact) mass is 384 g/mol. The molecule has 156 valence electrons. The maximum Gasteiger partial charge on any atom is 0.128 e. The van der Waals surface area contributed by atoms with Gasteiger partial charge in [-0.15, -0.1) is 0 Å². The van der Waals surface area contributed by atoms with E-state index >= 15 is 0 Å². The molecule has 0 aliphatic carbocycles. The van der Waals surface area contributed by atoms with Crippen molar-refractivity contribution in [3.8, 4) is 0 Å². The van der Waals surface area contributed by atoms with Gasteiger partial charge in [-0.2, -0.15) is 0 Å². The Balaban J connectivity index is 0. The largest absolute Gasteiger partial charge is 0.384 e. The summed E-state index contributed by atoms with van der Waals surface area (Å²) < 4.78 is 0. The van der Waals surface area contributed by atoms with Crippen LogP contribution in [0.2, 0.25) is 0 Å². The molecule has 4 heteroatoms. The van der Waals surface area contributed by atoms with Crippen LogP contribution in [0.4, 0.5) is 11.6 Å². The fourth-order valence-electron chi connectivity index (χ4n) is 1.82. The first-order chi connectivity index (χ1) is 13.5. The molecule has 0 amide bonds. The first-order valence-corrected chi connectivity index (χ1v) is 10.1. The zero-order valence-electron chi connectivity index (χ0n) is 19.1. The number of pyridine rings is 2. The molecule has 0 spiro atoms. The zero-order valence-corrected chi connectivity index (χ0v) is 19.1. The maximum atomic E-state index is 5.49. The highest BCUT2D eigenvalue weighted by Gasteiger charge is 1.97. The molecule has 28 heavy (non-hydrogen) atoms. The minimum absolute atomic E-state index is 0.572. The molecule has 2 aromatic rings. The molecule has 0 aliphatic heterocycles.